The molecule has 1 aromatic carbocycles. The summed E-state index contributed by atoms with van der Waals surface area (Å²) < 4.78 is 0. The van der Waals surface area contributed by atoms with Crippen LogP contribution in [0.3, 0.4) is 0 Å². The summed E-state index contributed by atoms with van der Waals surface area (Å²) in [5.41, 5.74) is 2.65. The number of nitriles is 2. The maximum atomic E-state index is 12.4. The Labute approximate surface area is 121 Å². The van der Waals surface area contributed by atoms with E-state index < -0.39 is 0 Å². The fraction of sp³-hybridized carbons (Fsp3) is 0.188. The van der Waals surface area contributed by atoms with Gasteiger partial charge in [-0.15, -0.1) is 0 Å². The van der Waals surface area contributed by atoms with Gasteiger partial charge in [0.2, 0.25) is 5.78 Å². The van der Waals surface area contributed by atoms with E-state index in [1.807, 2.05) is 38.1 Å². The van der Waals surface area contributed by atoms with Crippen LogP contribution in [0.25, 0.3) is 11.3 Å². The molecule has 5 heteroatoms. The Morgan fingerprint density at radius 1 is 1.00 bits per heavy atom. The van der Waals surface area contributed by atoms with Gasteiger partial charge in [0.25, 0.3) is 0 Å². The summed E-state index contributed by atoms with van der Waals surface area (Å²) in [7, 11) is 0. The van der Waals surface area contributed by atoms with Crippen LogP contribution in [0.15, 0.2) is 18.2 Å². The van der Waals surface area contributed by atoms with E-state index in [9.17, 15) is 4.79 Å². The topological polar surface area (TPSA) is 90.4 Å². The Kier molecular flexibility index (Phi) is 2.78. The molecule has 0 N–H and O–H groups in total. The van der Waals surface area contributed by atoms with E-state index in [4.69, 9.17) is 10.5 Å². The zero-order valence-corrected chi connectivity index (χ0v) is 11.5. The smallest absolute Gasteiger partial charge is 0.214 e. The minimum atomic E-state index is -0.240. The van der Waals surface area contributed by atoms with Gasteiger partial charge in [0.05, 0.1) is 0 Å². The molecule has 0 amide bonds. The molecule has 0 atom stereocenters. The molecule has 2 aromatic rings. The summed E-state index contributed by atoms with van der Waals surface area (Å²) in [5.74, 6) is 0.0630. The van der Waals surface area contributed by atoms with E-state index in [1.54, 1.807) is 6.07 Å². The number of aromatic nitrogens is 2. The first-order chi connectivity index (χ1) is 10.1. The second-order valence-electron chi connectivity index (χ2n) is 5.13. The van der Waals surface area contributed by atoms with E-state index in [-0.39, 0.29) is 22.9 Å². The Hall–Kier alpha value is -3.05. The van der Waals surface area contributed by atoms with Gasteiger partial charge in [-0.05, 0) is 17.5 Å². The van der Waals surface area contributed by atoms with Crippen LogP contribution in [0.2, 0.25) is 0 Å². The van der Waals surface area contributed by atoms with Crippen LogP contribution in [0.1, 0.15) is 52.8 Å². The molecule has 0 aliphatic heterocycles. The normalized spacial score (nSPS) is 11.8. The van der Waals surface area contributed by atoms with Gasteiger partial charge >= 0.3 is 0 Å². The molecule has 0 bridgehead atoms. The van der Waals surface area contributed by atoms with E-state index >= 15 is 0 Å². The van der Waals surface area contributed by atoms with Crippen molar-refractivity contribution in [2.45, 2.75) is 19.8 Å². The third-order valence-electron chi connectivity index (χ3n) is 3.53. The zero-order valence-electron chi connectivity index (χ0n) is 11.5. The van der Waals surface area contributed by atoms with Crippen LogP contribution in [0.5, 0.6) is 0 Å². The van der Waals surface area contributed by atoms with Crippen LogP contribution >= 0.6 is 0 Å². The highest BCUT2D eigenvalue weighted by Gasteiger charge is 2.31. The van der Waals surface area contributed by atoms with Crippen LogP contribution in [0, 0.1) is 22.7 Å². The van der Waals surface area contributed by atoms with Crippen molar-refractivity contribution in [3.63, 3.8) is 0 Å². The highest BCUT2D eigenvalue weighted by atomic mass is 16.1. The van der Waals surface area contributed by atoms with Gasteiger partial charge in [-0.2, -0.15) is 10.5 Å². The number of nitrogens with zero attached hydrogens (tertiary/aromatic N) is 4. The SMILES string of the molecule is CC(C)c1ccc2c(c1)C(=O)c1nc(C#N)c(C#N)nc1-2. The number of hydrogen-bond acceptors (Lipinski definition) is 5. The predicted molar refractivity (Wildman–Crippen MR) is 74.4 cm³/mol. The third kappa shape index (κ3) is 1.79. The van der Waals surface area contributed by atoms with Gasteiger partial charge in [0, 0.05) is 11.1 Å². The van der Waals surface area contributed by atoms with E-state index in [0.29, 0.717) is 22.7 Å². The van der Waals surface area contributed by atoms with Crippen molar-refractivity contribution >= 4 is 5.78 Å². The molecule has 1 heterocycles. The van der Waals surface area contributed by atoms with Crippen molar-refractivity contribution in [1.82, 2.24) is 9.97 Å². The molecule has 21 heavy (non-hydrogen) atoms. The number of hydrogen-bond donors (Lipinski definition) is 0. The summed E-state index contributed by atoms with van der Waals surface area (Å²) in [6, 6.07) is 9.26. The van der Waals surface area contributed by atoms with Crippen molar-refractivity contribution in [3.8, 4) is 23.4 Å². The van der Waals surface area contributed by atoms with Gasteiger partial charge in [-0.25, -0.2) is 9.97 Å². The van der Waals surface area contributed by atoms with Crippen molar-refractivity contribution < 1.29 is 4.79 Å². The lowest BCUT2D eigenvalue weighted by Crippen LogP contribution is -2.04. The van der Waals surface area contributed by atoms with Gasteiger partial charge in [-0.3, -0.25) is 4.79 Å². The number of carbonyl (C=O) groups excluding carboxylic acids is 1. The van der Waals surface area contributed by atoms with Gasteiger partial charge in [-0.1, -0.05) is 26.0 Å². The number of fused-ring (bicyclic) bond motifs is 3. The standard InChI is InChI=1S/C16H10N4O/c1-8(2)9-3-4-10-11(5-9)16(21)15-14(10)19-12(6-17)13(7-18)20-15/h3-5,8H,1-2H3. The molecule has 0 fully saturated rings. The molecule has 100 valence electrons. The Morgan fingerprint density at radius 3 is 2.19 bits per heavy atom. The molecule has 5 nitrogen and oxygen atoms in total. The average molecular weight is 274 g/mol. The molecule has 0 saturated carbocycles. The molecular formula is C16H10N4O. The van der Waals surface area contributed by atoms with Crippen LogP contribution < -0.4 is 0 Å². The van der Waals surface area contributed by atoms with Gasteiger partial charge < -0.3 is 0 Å². The number of rotatable bonds is 1. The zero-order chi connectivity index (χ0) is 15.1. The first kappa shape index (κ1) is 13.0. The summed E-state index contributed by atoms with van der Waals surface area (Å²) in [6.07, 6.45) is 0. The largest absolute Gasteiger partial charge is 0.287 e. The second-order valence-corrected chi connectivity index (χ2v) is 5.13. The lowest BCUT2D eigenvalue weighted by atomic mass is 9.98. The van der Waals surface area contributed by atoms with Crippen molar-refractivity contribution in [2.75, 3.05) is 0 Å². The van der Waals surface area contributed by atoms with Gasteiger partial charge in [0.15, 0.2) is 11.4 Å². The van der Waals surface area contributed by atoms with Gasteiger partial charge in [0.1, 0.15) is 23.5 Å². The maximum Gasteiger partial charge on any atom is 0.214 e. The lowest BCUT2D eigenvalue weighted by molar-refractivity contribution is 0.103. The highest BCUT2D eigenvalue weighted by Crippen LogP contribution is 2.36. The van der Waals surface area contributed by atoms with E-state index in [1.165, 1.54) is 0 Å². The van der Waals surface area contributed by atoms with Crippen molar-refractivity contribution in [3.05, 3.63) is 46.4 Å². The monoisotopic (exact) mass is 274 g/mol. The first-order valence-corrected chi connectivity index (χ1v) is 6.48. The number of benzene rings is 1. The summed E-state index contributed by atoms with van der Waals surface area (Å²) in [4.78, 5) is 20.6. The summed E-state index contributed by atoms with van der Waals surface area (Å²) in [6.45, 7) is 4.10. The predicted octanol–water partition coefficient (Wildman–Crippen LogP) is 2.55. The molecule has 0 unspecified atom stereocenters. The lowest BCUT2D eigenvalue weighted by Gasteiger charge is -2.06. The molecular weight excluding hydrogens is 264 g/mol. The molecule has 0 saturated heterocycles. The van der Waals surface area contributed by atoms with Crippen LogP contribution in [-0.2, 0) is 0 Å². The Morgan fingerprint density at radius 2 is 1.62 bits per heavy atom. The summed E-state index contributed by atoms with van der Waals surface area (Å²) in [5, 5.41) is 18.0. The van der Waals surface area contributed by atoms with E-state index in [0.717, 1.165) is 5.56 Å². The van der Waals surface area contributed by atoms with Crippen molar-refractivity contribution in [1.29, 1.82) is 10.5 Å². The number of ketones is 1. The summed E-state index contributed by atoms with van der Waals surface area (Å²) >= 11 is 0. The van der Waals surface area contributed by atoms with E-state index in [2.05, 4.69) is 9.97 Å². The number of carbonyl (C=O) groups is 1. The van der Waals surface area contributed by atoms with Crippen molar-refractivity contribution in [2.24, 2.45) is 0 Å². The molecule has 1 aliphatic carbocycles. The molecule has 0 spiro atoms. The highest BCUT2D eigenvalue weighted by molar-refractivity contribution is 6.20. The van der Waals surface area contributed by atoms with Crippen LogP contribution in [0.4, 0.5) is 0 Å². The molecule has 3 rings (SSSR count). The molecule has 1 aromatic heterocycles. The first-order valence-electron chi connectivity index (χ1n) is 6.48. The second kappa shape index (κ2) is 4.50. The Bertz CT molecular complexity index is 869. The quantitative estimate of drug-likeness (QED) is 0.680. The maximum absolute atomic E-state index is 12.4. The molecule has 0 radical (unpaired) electrons. The minimum absolute atomic E-state index is 0.0511. The fourth-order valence-electron chi connectivity index (χ4n) is 2.38. The fourth-order valence-corrected chi connectivity index (χ4v) is 2.38. The third-order valence-corrected chi connectivity index (χ3v) is 3.53. The molecule has 1 aliphatic rings. The Balaban J connectivity index is 2.27. The average Bonchev–Trinajstić information content (AvgIpc) is 2.78. The minimum Gasteiger partial charge on any atom is -0.287 e. The van der Waals surface area contributed by atoms with Crippen LogP contribution in [-0.4, -0.2) is 15.8 Å².